The fourth-order valence-corrected chi connectivity index (χ4v) is 6.15. The molecular weight excluding hydrogens is 503 g/mol. The van der Waals surface area contributed by atoms with E-state index in [9.17, 15) is 9.50 Å². The lowest BCUT2D eigenvalue weighted by Crippen LogP contribution is -2.35. The molecule has 208 valence electrons. The van der Waals surface area contributed by atoms with E-state index >= 15 is 0 Å². The number of allylic oxidation sites excluding steroid dienone is 1. The minimum atomic E-state index is -0.342. The number of halogens is 1. The zero-order valence-corrected chi connectivity index (χ0v) is 23.2. The van der Waals surface area contributed by atoms with Gasteiger partial charge in [-0.25, -0.2) is 0 Å². The van der Waals surface area contributed by atoms with Crippen molar-refractivity contribution in [2.45, 2.75) is 38.8 Å². The normalized spacial score (nSPS) is 21.2. The summed E-state index contributed by atoms with van der Waals surface area (Å²) < 4.78 is 25.9. The molecule has 0 radical (unpaired) electrons. The van der Waals surface area contributed by atoms with E-state index in [1.54, 1.807) is 12.1 Å². The summed E-state index contributed by atoms with van der Waals surface area (Å²) in [7, 11) is 0. The van der Waals surface area contributed by atoms with E-state index in [0.717, 1.165) is 83.1 Å². The molecule has 0 aliphatic carbocycles. The van der Waals surface area contributed by atoms with Gasteiger partial charge in [0.15, 0.2) is 0 Å². The number of phenolic OH excluding ortho intramolecular Hbond substituents is 1. The lowest BCUT2D eigenvalue weighted by Gasteiger charge is -2.32. The number of ether oxygens (including phenoxy) is 2. The first-order valence-electron chi connectivity index (χ1n) is 14.3. The fraction of sp³-hybridized carbons (Fsp3) is 0.353. The summed E-state index contributed by atoms with van der Waals surface area (Å²) >= 11 is 0. The number of likely N-dealkylation sites (tertiary alicyclic amines) is 1. The van der Waals surface area contributed by atoms with Crippen molar-refractivity contribution in [3.8, 4) is 17.2 Å². The topological polar surface area (TPSA) is 54.0 Å². The number of nitrogens with zero attached hydrogens (tertiary/aromatic N) is 1. The molecule has 0 spiro atoms. The summed E-state index contributed by atoms with van der Waals surface area (Å²) in [6.45, 7) is 7.24. The third kappa shape index (κ3) is 5.20. The molecule has 0 bridgehead atoms. The quantitative estimate of drug-likeness (QED) is 0.328. The molecule has 3 aromatic rings. The Morgan fingerprint density at radius 2 is 2.00 bits per heavy atom. The van der Waals surface area contributed by atoms with Crippen LogP contribution >= 0.6 is 0 Å². The molecule has 40 heavy (non-hydrogen) atoms. The lowest BCUT2D eigenvalue weighted by molar-refractivity contribution is 0.165. The summed E-state index contributed by atoms with van der Waals surface area (Å²) in [5, 5.41) is 13.9. The summed E-state index contributed by atoms with van der Waals surface area (Å²) in [4.78, 5) is 2.31. The molecule has 1 unspecified atom stereocenters. The predicted octanol–water partition coefficient (Wildman–Crippen LogP) is 7.34. The second-order valence-electron chi connectivity index (χ2n) is 11.1. The number of phenols is 1. The molecule has 3 aromatic carbocycles. The SMILES string of the molecule is CC1=C(c2cccc(O)c2)C(c2ccc(OC[C@H](C)N3CC[C@@H](CF)C3)cc2)Oc2ccc3c(c21)C=CCCN3. The molecule has 6 heteroatoms. The highest BCUT2D eigenvalue weighted by molar-refractivity contribution is 5.99. The van der Waals surface area contributed by atoms with E-state index in [-0.39, 0.29) is 30.5 Å². The number of aromatic hydroxyl groups is 1. The van der Waals surface area contributed by atoms with Gasteiger partial charge < -0.3 is 19.9 Å². The summed E-state index contributed by atoms with van der Waals surface area (Å²) in [5.41, 5.74) is 7.44. The highest BCUT2D eigenvalue weighted by Gasteiger charge is 2.32. The second-order valence-corrected chi connectivity index (χ2v) is 11.1. The van der Waals surface area contributed by atoms with Crippen molar-refractivity contribution in [3.63, 3.8) is 0 Å². The number of nitrogens with one attached hydrogen (secondary N) is 1. The lowest BCUT2D eigenvalue weighted by atomic mass is 9.84. The van der Waals surface area contributed by atoms with Crippen molar-refractivity contribution in [2.24, 2.45) is 5.92 Å². The van der Waals surface area contributed by atoms with E-state index in [2.05, 4.69) is 60.5 Å². The van der Waals surface area contributed by atoms with E-state index in [4.69, 9.17) is 9.47 Å². The smallest absolute Gasteiger partial charge is 0.150 e. The Bertz CT molecular complexity index is 1430. The van der Waals surface area contributed by atoms with Crippen LogP contribution in [0.5, 0.6) is 17.2 Å². The van der Waals surface area contributed by atoms with Gasteiger partial charge in [0.05, 0.1) is 6.67 Å². The maximum Gasteiger partial charge on any atom is 0.150 e. The molecule has 1 fully saturated rings. The molecule has 3 aliphatic rings. The first-order chi connectivity index (χ1) is 19.5. The highest BCUT2D eigenvalue weighted by Crippen LogP contribution is 2.49. The van der Waals surface area contributed by atoms with Gasteiger partial charge in [0, 0.05) is 47.4 Å². The molecule has 6 rings (SSSR count). The van der Waals surface area contributed by atoms with Gasteiger partial charge in [0.25, 0.3) is 0 Å². The van der Waals surface area contributed by atoms with E-state index < -0.39 is 0 Å². The summed E-state index contributed by atoms with van der Waals surface area (Å²) in [6.07, 6.45) is 5.94. The molecule has 0 saturated carbocycles. The van der Waals surface area contributed by atoms with Crippen molar-refractivity contribution in [1.82, 2.24) is 4.90 Å². The average Bonchev–Trinajstić information content (AvgIpc) is 3.33. The highest BCUT2D eigenvalue weighted by atomic mass is 19.1. The van der Waals surface area contributed by atoms with Gasteiger partial charge >= 0.3 is 0 Å². The van der Waals surface area contributed by atoms with Crippen molar-refractivity contribution in [3.05, 3.63) is 89.0 Å². The zero-order valence-electron chi connectivity index (χ0n) is 23.2. The molecule has 5 nitrogen and oxygen atoms in total. The van der Waals surface area contributed by atoms with E-state index in [1.165, 1.54) is 0 Å². The van der Waals surface area contributed by atoms with Crippen LogP contribution in [0.25, 0.3) is 17.2 Å². The largest absolute Gasteiger partial charge is 0.508 e. The van der Waals surface area contributed by atoms with Crippen LogP contribution in [0.4, 0.5) is 10.1 Å². The first-order valence-corrected chi connectivity index (χ1v) is 14.3. The summed E-state index contributed by atoms with van der Waals surface area (Å²) in [5.74, 6) is 2.03. The number of hydrogen-bond acceptors (Lipinski definition) is 5. The van der Waals surface area contributed by atoms with E-state index in [0.29, 0.717) is 6.61 Å². The van der Waals surface area contributed by atoms with Gasteiger partial charge in [-0.05, 0) is 86.3 Å². The Hall–Kier alpha value is -3.77. The van der Waals surface area contributed by atoms with Gasteiger partial charge in [-0.15, -0.1) is 0 Å². The molecule has 2 N–H and O–H groups in total. The van der Waals surface area contributed by atoms with Crippen LogP contribution < -0.4 is 14.8 Å². The minimum Gasteiger partial charge on any atom is -0.508 e. The average molecular weight is 541 g/mol. The Kier molecular flexibility index (Phi) is 7.53. The third-order valence-electron chi connectivity index (χ3n) is 8.39. The minimum absolute atomic E-state index is 0.154. The predicted molar refractivity (Wildman–Crippen MR) is 160 cm³/mol. The number of alkyl halides is 1. The van der Waals surface area contributed by atoms with Crippen LogP contribution in [0.3, 0.4) is 0 Å². The second kappa shape index (κ2) is 11.4. The van der Waals surface area contributed by atoms with Gasteiger partial charge in [-0.3, -0.25) is 9.29 Å². The number of fused-ring (bicyclic) bond motifs is 3. The number of benzene rings is 3. The monoisotopic (exact) mass is 540 g/mol. The van der Waals surface area contributed by atoms with Crippen LogP contribution in [-0.4, -0.2) is 49.0 Å². The Morgan fingerprint density at radius 1 is 1.15 bits per heavy atom. The zero-order chi connectivity index (χ0) is 27.6. The van der Waals surface area contributed by atoms with Crippen LogP contribution in [0.2, 0.25) is 0 Å². The van der Waals surface area contributed by atoms with Gasteiger partial charge in [0.1, 0.15) is 30.0 Å². The van der Waals surface area contributed by atoms with Crippen LogP contribution in [0.1, 0.15) is 55.0 Å². The maximum atomic E-state index is 13.0. The van der Waals surface area contributed by atoms with Crippen molar-refractivity contribution in [2.75, 3.05) is 38.2 Å². The molecule has 0 aromatic heterocycles. The van der Waals surface area contributed by atoms with E-state index in [1.807, 2.05) is 24.3 Å². The van der Waals surface area contributed by atoms with Crippen molar-refractivity contribution in [1.29, 1.82) is 0 Å². The Balaban J connectivity index is 1.30. The fourth-order valence-electron chi connectivity index (χ4n) is 6.15. The van der Waals surface area contributed by atoms with Gasteiger partial charge in [-0.2, -0.15) is 0 Å². The number of rotatable bonds is 7. The first kappa shape index (κ1) is 26.5. The Labute approximate surface area is 235 Å². The summed E-state index contributed by atoms with van der Waals surface area (Å²) in [6, 6.07) is 19.9. The molecule has 3 heterocycles. The molecule has 0 amide bonds. The molecule has 3 aliphatic heterocycles. The van der Waals surface area contributed by atoms with Crippen molar-refractivity contribution < 1.29 is 19.0 Å². The number of anilines is 1. The van der Waals surface area contributed by atoms with Crippen LogP contribution in [0.15, 0.2) is 66.7 Å². The maximum absolute atomic E-state index is 13.0. The van der Waals surface area contributed by atoms with Crippen LogP contribution in [0, 0.1) is 5.92 Å². The molecule has 1 saturated heterocycles. The molecule has 3 atom stereocenters. The van der Waals surface area contributed by atoms with Gasteiger partial charge in [0.2, 0.25) is 0 Å². The third-order valence-corrected chi connectivity index (χ3v) is 8.39. The standard InChI is InChI=1S/C34H37FN2O3/c1-22(37-17-15-24(19-35)20-37)21-39-28-11-9-25(10-12-28)34-32(26-6-5-7-27(38)18-26)23(2)33-29-8-3-4-16-36-30(29)13-14-31(33)40-34/h3,5-14,18,22,24,34,36,38H,4,15-17,19-21H2,1-2H3/t22-,24-,34?/m0/s1. The molecular formula is C34H37FN2O3. The van der Waals surface area contributed by atoms with Gasteiger partial charge in [-0.1, -0.05) is 36.4 Å². The number of hydrogen-bond donors (Lipinski definition) is 2. The Morgan fingerprint density at radius 3 is 2.77 bits per heavy atom. The van der Waals surface area contributed by atoms with Crippen LogP contribution in [-0.2, 0) is 0 Å². The van der Waals surface area contributed by atoms with Crippen molar-refractivity contribution >= 4 is 22.9 Å².